The first-order valence-electron chi connectivity index (χ1n) is 46.8. The van der Waals surface area contributed by atoms with Gasteiger partial charge in [0.05, 0.1) is 119 Å². The van der Waals surface area contributed by atoms with Crippen LogP contribution >= 0.6 is 0 Å². The topological polar surface area (TPSA) is 334 Å². The van der Waals surface area contributed by atoms with Gasteiger partial charge in [0.25, 0.3) is 0 Å². The van der Waals surface area contributed by atoms with Gasteiger partial charge < -0.3 is 66.3 Å². The van der Waals surface area contributed by atoms with Crippen LogP contribution in [0.4, 0.5) is 0 Å². The third-order valence-corrected chi connectivity index (χ3v) is 34.8. The van der Waals surface area contributed by atoms with Crippen LogP contribution in [-0.4, -0.2) is 174 Å². The Balaban J connectivity index is 0.000000126. The van der Waals surface area contributed by atoms with Crippen molar-refractivity contribution in [1.29, 1.82) is 0 Å². The molecule has 122 heavy (non-hydrogen) atoms. The monoisotopic (exact) mass is 1710 g/mol. The Labute approximate surface area is 722 Å². The minimum absolute atomic E-state index is 0.0105. The van der Waals surface area contributed by atoms with Crippen LogP contribution in [0.15, 0.2) is 0 Å². The Morgan fingerprint density at radius 2 is 0.770 bits per heavy atom. The highest BCUT2D eigenvalue weighted by Gasteiger charge is 2.70. The molecule has 684 valence electrons. The van der Waals surface area contributed by atoms with Crippen LogP contribution in [0.5, 0.6) is 0 Å². The van der Waals surface area contributed by atoms with Gasteiger partial charge in [0.1, 0.15) is 36.6 Å². The average Bonchev–Trinajstić information content (AvgIpc) is 1.60. The molecule has 26 nitrogen and oxygen atoms in total. The van der Waals surface area contributed by atoms with Crippen molar-refractivity contribution >= 4 is 71.6 Å². The van der Waals surface area contributed by atoms with Crippen LogP contribution < -0.4 is 0 Å². The summed E-state index contributed by atoms with van der Waals surface area (Å²) in [5, 5.41) is 0. The van der Waals surface area contributed by atoms with E-state index in [0.717, 1.165) is 135 Å². The number of carbonyl (C=O) groups is 12. The molecule has 0 aromatic rings. The van der Waals surface area contributed by atoms with E-state index in [1.165, 1.54) is 0 Å². The molecule has 18 fully saturated rings. The predicted octanol–water partition coefficient (Wildman–Crippen LogP) is 14.2. The highest BCUT2D eigenvalue weighted by atomic mass is 16.6. The molecule has 0 N–H and O–H groups in total. The summed E-state index contributed by atoms with van der Waals surface area (Å²) in [5.41, 5.74) is -3.30. The van der Waals surface area contributed by atoms with Crippen molar-refractivity contribution in [2.75, 3.05) is 53.4 Å². The molecular weight excluding hydrogens is 1570 g/mol. The van der Waals surface area contributed by atoms with Gasteiger partial charge in [0.15, 0.2) is 0 Å². The number of hydrogen-bond acceptors (Lipinski definition) is 26. The lowest BCUT2D eigenvalue weighted by Gasteiger charge is -2.37. The molecule has 6 heterocycles. The SMILES string of the molecule is CCC(C)(C)C(=O)OC1C2CC(C1OC)C1C(=O)OCC21.CCC(C)(C)C(=O)OC1CC2CC1C1(CCOC1=O)C2.CCC(C)(C)C(=O)OC1CC2CC1C1(COC(=O)C1)C2.CCC(C)(C)C(=O)OC1CC2CC1C1C(=O)OCC21.CCC(C)(C)C(=O)OC1CC2CC1CC21CCOC1=O.CCOC1C2CC(C3COC(=O)C32)C1OC(=O)C(C)(C)CC. The number of hydrogen-bond donors (Lipinski definition) is 0. The zero-order chi connectivity index (χ0) is 88.8. The van der Waals surface area contributed by atoms with Gasteiger partial charge in [-0.25, -0.2) is 0 Å². The molecule has 29 unspecified atom stereocenters. The lowest BCUT2D eigenvalue weighted by atomic mass is 9.71. The number of esters is 12. The van der Waals surface area contributed by atoms with Gasteiger partial charge in [-0.15, -0.1) is 0 Å². The number of carbonyl (C=O) groups excluding carboxylic acids is 12. The van der Waals surface area contributed by atoms with Crippen LogP contribution in [0, 0.1) is 155 Å². The van der Waals surface area contributed by atoms with Crippen molar-refractivity contribution in [1.82, 2.24) is 0 Å². The smallest absolute Gasteiger partial charge is 0.312 e. The molecule has 0 aromatic carbocycles. The molecule has 18 aliphatic rings. The Morgan fingerprint density at radius 1 is 0.361 bits per heavy atom. The molecule has 0 radical (unpaired) electrons. The molecule has 18 rings (SSSR count). The fraction of sp³-hybridized carbons (Fsp3) is 0.875. The van der Waals surface area contributed by atoms with E-state index in [-0.39, 0.29) is 202 Å². The molecular formula is C96H144O26. The number of methoxy groups -OCH3 is 1. The van der Waals surface area contributed by atoms with Crippen molar-refractivity contribution in [2.24, 2.45) is 155 Å². The van der Waals surface area contributed by atoms with Crippen molar-refractivity contribution in [3.05, 3.63) is 0 Å². The Hall–Kier alpha value is -6.44. The van der Waals surface area contributed by atoms with Crippen LogP contribution in [0.1, 0.15) is 273 Å². The summed E-state index contributed by atoms with van der Waals surface area (Å²) in [6.45, 7) is 40.6. The second kappa shape index (κ2) is 35.3. The minimum Gasteiger partial charge on any atom is -0.465 e. The second-order valence-corrected chi connectivity index (χ2v) is 43.8. The van der Waals surface area contributed by atoms with E-state index in [0.29, 0.717) is 94.1 Å². The third kappa shape index (κ3) is 17.2. The normalized spacial score (nSPS) is 39.8. The van der Waals surface area contributed by atoms with E-state index >= 15 is 0 Å². The largest absolute Gasteiger partial charge is 0.465 e. The maximum absolute atomic E-state index is 12.5. The summed E-state index contributed by atoms with van der Waals surface area (Å²) in [6.07, 6.45) is 18.2. The molecule has 12 bridgehead atoms. The Morgan fingerprint density at radius 3 is 1.18 bits per heavy atom. The standard InChI is InChI=1S/C17H26O5.C16H24O5.3C16H24O4.C15H22O4/c1-5-17(3,4)16(19)22-14-9-7-10(13(14)20-6-2)12-11(9)8-21-15(12)18;1-5-16(2,3)15(18)21-13-8-6-9(12(13)19-4)11-10(8)7-20-14(11)17;1-4-15(2,3)14(18)20-12-6-10-5-11(12)16(7-10)8-13(17)19-9-16;1-4-15(2,3)13(17)20-12-8-11-7-10(12)9-16(11)5-6-19-14(16)18;1-4-15(2,3)13(17)20-12-8-10-7-11(12)16(9-10)5-6-19-14(16)18;1-4-15(2,3)14(17)19-11-6-8-5-9(11)12-10(8)7-18-13(12)16/h9-14H,5-8H2,1-4H3;8-13H,5-7H2,1-4H3;3*10-12H,4-9H2,1-3H3;8-12H,4-7H2,1-3H3. The number of rotatable bonds is 21. The maximum Gasteiger partial charge on any atom is 0.312 e. The highest BCUT2D eigenvalue weighted by Crippen LogP contribution is 2.65. The van der Waals surface area contributed by atoms with E-state index in [2.05, 4.69) is 0 Å². The summed E-state index contributed by atoms with van der Waals surface area (Å²) < 4.78 is 77.4. The molecule has 0 amide bonds. The zero-order valence-electron chi connectivity index (χ0n) is 76.6. The van der Waals surface area contributed by atoms with Crippen LogP contribution in [0.25, 0.3) is 0 Å². The second-order valence-electron chi connectivity index (χ2n) is 43.8. The van der Waals surface area contributed by atoms with Crippen LogP contribution in [0.3, 0.4) is 0 Å². The van der Waals surface area contributed by atoms with E-state index in [9.17, 15) is 57.5 Å². The van der Waals surface area contributed by atoms with Crippen molar-refractivity contribution in [3.63, 3.8) is 0 Å². The van der Waals surface area contributed by atoms with Gasteiger partial charge in [-0.05, 0) is 254 Å². The van der Waals surface area contributed by atoms with Gasteiger partial charge in [-0.2, -0.15) is 0 Å². The van der Waals surface area contributed by atoms with E-state index < -0.39 is 32.5 Å². The van der Waals surface area contributed by atoms with Gasteiger partial charge in [-0.3, -0.25) is 57.5 Å². The number of cyclic esters (lactones) is 6. The summed E-state index contributed by atoms with van der Waals surface area (Å²) in [4.78, 5) is 145. The summed E-state index contributed by atoms with van der Waals surface area (Å²) >= 11 is 0. The third-order valence-electron chi connectivity index (χ3n) is 34.8. The van der Waals surface area contributed by atoms with Gasteiger partial charge in [-0.1, -0.05) is 41.5 Å². The van der Waals surface area contributed by atoms with E-state index in [4.69, 9.17) is 66.3 Å². The zero-order valence-corrected chi connectivity index (χ0v) is 76.6. The quantitative estimate of drug-likeness (QED) is 0.0761. The molecule has 29 atom stereocenters. The molecule has 3 spiro atoms. The Bertz CT molecular complexity index is 3950. The Kier molecular flexibility index (Phi) is 27.0. The first-order valence-corrected chi connectivity index (χ1v) is 46.8. The van der Waals surface area contributed by atoms with Gasteiger partial charge in [0.2, 0.25) is 0 Å². The first kappa shape index (κ1) is 93.2. The van der Waals surface area contributed by atoms with E-state index in [1.807, 2.05) is 132 Å². The molecule has 6 saturated heterocycles. The average molecular weight is 1710 g/mol. The number of fused-ring (bicyclic) bond motifs is 24. The molecule has 26 heteroatoms. The molecule has 12 aliphatic carbocycles. The maximum atomic E-state index is 12.5. The van der Waals surface area contributed by atoms with Crippen molar-refractivity contribution in [2.45, 2.75) is 322 Å². The van der Waals surface area contributed by atoms with Crippen molar-refractivity contribution in [3.8, 4) is 0 Å². The van der Waals surface area contributed by atoms with Crippen LogP contribution in [-0.2, 0) is 124 Å². The fourth-order valence-electron chi connectivity index (χ4n) is 24.8. The highest BCUT2D eigenvalue weighted by molar-refractivity contribution is 5.83. The van der Waals surface area contributed by atoms with Crippen LogP contribution in [0.2, 0.25) is 0 Å². The fourth-order valence-corrected chi connectivity index (χ4v) is 24.8. The van der Waals surface area contributed by atoms with E-state index in [1.54, 1.807) is 7.11 Å². The molecule has 6 aliphatic heterocycles. The summed E-state index contributed by atoms with van der Waals surface area (Å²) in [7, 11) is 1.63. The first-order chi connectivity index (χ1) is 57.4. The predicted molar refractivity (Wildman–Crippen MR) is 440 cm³/mol. The summed E-state index contributed by atoms with van der Waals surface area (Å²) in [5.74, 6) is 3.06. The lowest BCUT2D eigenvalue weighted by molar-refractivity contribution is -0.176. The van der Waals surface area contributed by atoms with Gasteiger partial charge in [0, 0.05) is 78.3 Å². The number of ether oxygens (including phenoxy) is 14. The van der Waals surface area contributed by atoms with Crippen molar-refractivity contribution < 1.29 is 124 Å². The molecule has 0 aromatic heterocycles. The summed E-state index contributed by atoms with van der Waals surface area (Å²) in [6, 6.07) is 0. The molecule has 12 saturated carbocycles. The minimum atomic E-state index is -0.486. The van der Waals surface area contributed by atoms with Gasteiger partial charge >= 0.3 is 71.6 Å². The lowest BCUT2D eigenvalue weighted by Crippen LogP contribution is -2.47.